The summed E-state index contributed by atoms with van der Waals surface area (Å²) in [5.41, 5.74) is 6.30. The Labute approximate surface area is 113 Å². The van der Waals surface area contributed by atoms with Gasteiger partial charge in [0.25, 0.3) is 0 Å². The highest BCUT2D eigenvalue weighted by Crippen LogP contribution is 2.15. The first-order chi connectivity index (χ1) is 9.24. The molecule has 1 aliphatic rings. The summed E-state index contributed by atoms with van der Waals surface area (Å²) >= 11 is 0. The summed E-state index contributed by atoms with van der Waals surface area (Å²) in [7, 11) is 0. The zero-order valence-electron chi connectivity index (χ0n) is 11.3. The molecular formula is C13H21N5O. The molecule has 6 heteroatoms. The molecule has 1 aromatic rings. The summed E-state index contributed by atoms with van der Waals surface area (Å²) in [4.78, 5) is 9.06. The van der Waals surface area contributed by atoms with Crippen LogP contribution in [0.2, 0.25) is 0 Å². The van der Waals surface area contributed by atoms with Crippen LogP contribution in [0.25, 0.3) is 0 Å². The van der Waals surface area contributed by atoms with Crippen LogP contribution in [0.15, 0.2) is 23.5 Å². The molecule has 1 saturated heterocycles. The molecule has 104 valence electrons. The molecule has 0 spiro atoms. The third-order valence-electron chi connectivity index (χ3n) is 3.39. The van der Waals surface area contributed by atoms with Crippen molar-refractivity contribution in [2.45, 2.75) is 13.3 Å². The van der Waals surface area contributed by atoms with Crippen LogP contribution < -0.4 is 10.6 Å². The molecule has 0 aliphatic carbocycles. The maximum atomic E-state index is 8.71. The summed E-state index contributed by atoms with van der Waals surface area (Å²) < 4.78 is 0. The predicted molar refractivity (Wildman–Crippen MR) is 75.7 cm³/mol. The highest BCUT2D eigenvalue weighted by molar-refractivity contribution is 5.97. The lowest BCUT2D eigenvalue weighted by molar-refractivity contribution is 0.258. The molecule has 19 heavy (non-hydrogen) atoms. The first-order valence-corrected chi connectivity index (χ1v) is 6.66. The maximum absolute atomic E-state index is 8.71. The molecule has 0 unspecified atom stereocenters. The maximum Gasteiger partial charge on any atom is 0.170 e. The first-order valence-electron chi connectivity index (χ1n) is 6.66. The molecule has 1 aliphatic heterocycles. The summed E-state index contributed by atoms with van der Waals surface area (Å²) in [5, 5.41) is 11.7. The fourth-order valence-corrected chi connectivity index (χ4v) is 2.33. The number of aromatic nitrogens is 1. The topological polar surface area (TPSA) is 78.0 Å². The molecule has 6 nitrogen and oxygen atoms in total. The highest BCUT2D eigenvalue weighted by Gasteiger charge is 2.17. The number of anilines is 1. The number of pyridine rings is 1. The molecule has 0 amide bonds. The van der Waals surface area contributed by atoms with Gasteiger partial charge in [0.05, 0.1) is 0 Å². The van der Waals surface area contributed by atoms with E-state index in [2.05, 4.69) is 26.9 Å². The SMILES string of the molecule is CCCN1CCN(c2cc(/C(N)=N/O)ccn2)CC1. The molecule has 1 fully saturated rings. The van der Waals surface area contributed by atoms with Crippen molar-refractivity contribution < 1.29 is 5.21 Å². The lowest BCUT2D eigenvalue weighted by atomic mass is 10.2. The van der Waals surface area contributed by atoms with Gasteiger partial charge < -0.3 is 15.8 Å². The average Bonchev–Trinajstić information content (AvgIpc) is 2.48. The predicted octanol–water partition coefficient (Wildman–Crippen LogP) is 0.708. The Hall–Kier alpha value is -1.82. The molecule has 2 heterocycles. The van der Waals surface area contributed by atoms with Crippen molar-refractivity contribution in [2.75, 3.05) is 37.6 Å². The van der Waals surface area contributed by atoms with Gasteiger partial charge in [-0.05, 0) is 25.1 Å². The van der Waals surface area contributed by atoms with E-state index in [1.54, 1.807) is 12.3 Å². The zero-order valence-corrected chi connectivity index (χ0v) is 11.3. The van der Waals surface area contributed by atoms with E-state index in [0.717, 1.165) is 38.5 Å². The van der Waals surface area contributed by atoms with Crippen LogP contribution in [0.4, 0.5) is 5.82 Å². The number of hydrogen-bond acceptors (Lipinski definition) is 5. The quantitative estimate of drug-likeness (QED) is 0.362. The Morgan fingerprint density at radius 2 is 2.16 bits per heavy atom. The Kier molecular flexibility index (Phi) is 4.57. The number of piperazine rings is 1. The lowest BCUT2D eigenvalue weighted by Gasteiger charge is -2.35. The van der Waals surface area contributed by atoms with E-state index < -0.39 is 0 Å². The second kappa shape index (κ2) is 6.38. The average molecular weight is 263 g/mol. The Morgan fingerprint density at radius 1 is 1.42 bits per heavy atom. The second-order valence-electron chi connectivity index (χ2n) is 4.72. The van der Waals surface area contributed by atoms with Gasteiger partial charge in [0.15, 0.2) is 5.84 Å². The summed E-state index contributed by atoms with van der Waals surface area (Å²) in [6, 6.07) is 3.61. The van der Waals surface area contributed by atoms with Gasteiger partial charge in [0.2, 0.25) is 0 Å². The van der Waals surface area contributed by atoms with Crippen molar-refractivity contribution in [3.05, 3.63) is 23.9 Å². The van der Waals surface area contributed by atoms with Crippen LogP contribution >= 0.6 is 0 Å². The van der Waals surface area contributed by atoms with Gasteiger partial charge in [-0.25, -0.2) is 4.98 Å². The number of hydrogen-bond donors (Lipinski definition) is 2. The van der Waals surface area contributed by atoms with Gasteiger partial charge >= 0.3 is 0 Å². The number of nitrogens with zero attached hydrogens (tertiary/aromatic N) is 4. The van der Waals surface area contributed by atoms with Crippen molar-refractivity contribution in [1.29, 1.82) is 0 Å². The third kappa shape index (κ3) is 3.35. The molecule has 2 rings (SSSR count). The van der Waals surface area contributed by atoms with Crippen LogP contribution in [0, 0.1) is 0 Å². The standard InChI is InChI=1S/C13H21N5O/c1-2-5-17-6-8-18(9-7-17)12-10-11(3-4-15-12)13(14)16-19/h3-4,10,19H,2,5-9H2,1H3,(H2,14,16). The molecule has 0 saturated carbocycles. The normalized spacial score (nSPS) is 17.7. The van der Waals surface area contributed by atoms with Crippen LogP contribution in [0.1, 0.15) is 18.9 Å². The monoisotopic (exact) mass is 263 g/mol. The second-order valence-corrected chi connectivity index (χ2v) is 4.72. The van der Waals surface area contributed by atoms with E-state index in [1.807, 2.05) is 6.07 Å². The van der Waals surface area contributed by atoms with Crippen molar-refractivity contribution in [3.63, 3.8) is 0 Å². The molecule has 0 aromatic carbocycles. The van der Waals surface area contributed by atoms with E-state index in [9.17, 15) is 0 Å². The summed E-state index contributed by atoms with van der Waals surface area (Å²) in [6.45, 7) is 7.41. The molecule has 0 bridgehead atoms. The Bertz CT molecular complexity index is 440. The molecular weight excluding hydrogens is 242 g/mol. The molecule has 3 N–H and O–H groups in total. The summed E-state index contributed by atoms with van der Waals surface area (Å²) in [6.07, 6.45) is 2.89. The van der Waals surface area contributed by atoms with E-state index in [4.69, 9.17) is 10.9 Å². The van der Waals surface area contributed by atoms with Crippen LogP contribution in [-0.4, -0.2) is 53.7 Å². The minimum absolute atomic E-state index is 0.119. The van der Waals surface area contributed by atoms with Gasteiger partial charge in [-0.1, -0.05) is 12.1 Å². The van der Waals surface area contributed by atoms with Crippen molar-refractivity contribution in [1.82, 2.24) is 9.88 Å². The van der Waals surface area contributed by atoms with Gasteiger partial charge in [-0.15, -0.1) is 0 Å². The largest absolute Gasteiger partial charge is 0.409 e. The zero-order chi connectivity index (χ0) is 13.7. The fourth-order valence-electron chi connectivity index (χ4n) is 2.33. The first kappa shape index (κ1) is 13.6. The third-order valence-corrected chi connectivity index (χ3v) is 3.39. The van der Waals surface area contributed by atoms with Crippen LogP contribution in [-0.2, 0) is 0 Å². The van der Waals surface area contributed by atoms with E-state index in [1.165, 1.54) is 6.42 Å². The Balaban J connectivity index is 2.03. The fraction of sp³-hybridized carbons (Fsp3) is 0.538. The van der Waals surface area contributed by atoms with Gasteiger partial charge in [0, 0.05) is 37.9 Å². The number of oxime groups is 1. The van der Waals surface area contributed by atoms with E-state index in [0.29, 0.717) is 5.56 Å². The number of nitrogens with two attached hydrogens (primary N) is 1. The van der Waals surface area contributed by atoms with Gasteiger partial charge in [0.1, 0.15) is 5.82 Å². The van der Waals surface area contributed by atoms with Crippen molar-refractivity contribution in [2.24, 2.45) is 10.9 Å². The van der Waals surface area contributed by atoms with Crippen molar-refractivity contribution >= 4 is 11.7 Å². The van der Waals surface area contributed by atoms with Crippen LogP contribution in [0.5, 0.6) is 0 Å². The number of rotatable bonds is 4. The van der Waals surface area contributed by atoms with Crippen LogP contribution in [0.3, 0.4) is 0 Å². The molecule has 0 atom stereocenters. The smallest absolute Gasteiger partial charge is 0.170 e. The number of amidine groups is 1. The van der Waals surface area contributed by atoms with Gasteiger partial charge in [-0.3, -0.25) is 4.90 Å². The van der Waals surface area contributed by atoms with Gasteiger partial charge in [-0.2, -0.15) is 0 Å². The minimum atomic E-state index is 0.119. The van der Waals surface area contributed by atoms with E-state index in [-0.39, 0.29) is 5.84 Å². The Morgan fingerprint density at radius 3 is 2.79 bits per heavy atom. The molecule has 1 aromatic heterocycles. The lowest BCUT2D eigenvalue weighted by Crippen LogP contribution is -2.46. The highest BCUT2D eigenvalue weighted by atomic mass is 16.4. The molecule has 0 radical (unpaired) electrons. The van der Waals surface area contributed by atoms with Crippen molar-refractivity contribution in [3.8, 4) is 0 Å². The summed E-state index contributed by atoms with van der Waals surface area (Å²) in [5.74, 6) is 1.01. The van der Waals surface area contributed by atoms with E-state index >= 15 is 0 Å². The minimum Gasteiger partial charge on any atom is -0.409 e.